The molecule has 0 atom stereocenters. The topological polar surface area (TPSA) is 71.1 Å². The minimum atomic E-state index is -0.279. The second-order valence-electron chi connectivity index (χ2n) is 6.81. The van der Waals surface area contributed by atoms with Gasteiger partial charge in [-0.2, -0.15) is 0 Å². The molecular weight excluding hydrogens is 365 g/mol. The number of halogens is 1. The zero-order valence-corrected chi connectivity index (χ0v) is 16.0. The van der Waals surface area contributed by atoms with Crippen molar-refractivity contribution < 1.29 is 14.0 Å². The van der Waals surface area contributed by atoms with E-state index in [1.165, 1.54) is 29.9 Å². The number of hydrogen-bond acceptors (Lipinski definition) is 4. The molecule has 144 valence electrons. The normalized spacial score (nSPS) is 14.7. The Morgan fingerprint density at radius 1 is 1.11 bits per heavy atom. The Morgan fingerprint density at radius 3 is 2.59 bits per heavy atom. The van der Waals surface area contributed by atoms with Crippen molar-refractivity contribution in [1.82, 2.24) is 15.6 Å². The highest BCUT2D eigenvalue weighted by Crippen LogP contribution is 2.22. The predicted octanol–water partition coefficient (Wildman–Crippen LogP) is 3.45. The molecule has 2 amide bonds. The van der Waals surface area contributed by atoms with E-state index in [9.17, 15) is 14.0 Å². The molecule has 1 aliphatic rings. The number of benzene rings is 1. The highest BCUT2D eigenvalue weighted by Gasteiger charge is 2.16. The number of carbonyl (C=O) groups excluding carboxylic acids is 2. The van der Waals surface area contributed by atoms with E-state index in [1.807, 2.05) is 5.38 Å². The largest absolute Gasteiger partial charge is 0.352 e. The van der Waals surface area contributed by atoms with Crippen molar-refractivity contribution in [3.63, 3.8) is 0 Å². The van der Waals surface area contributed by atoms with E-state index in [0.717, 1.165) is 41.9 Å². The van der Waals surface area contributed by atoms with E-state index in [0.29, 0.717) is 6.42 Å². The van der Waals surface area contributed by atoms with Gasteiger partial charge in [-0.25, -0.2) is 9.37 Å². The van der Waals surface area contributed by atoms with Crippen molar-refractivity contribution in [2.75, 3.05) is 6.54 Å². The van der Waals surface area contributed by atoms with Gasteiger partial charge >= 0.3 is 0 Å². The molecule has 3 rings (SSSR count). The van der Waals surface area contributed by atoms with Crippen LogP contribution in [0.3, 0.4) is 0 Å². The molecule has 1 aromatic carbocycles. The summed E-state index contributed by atoms with van der Waals surface area (Å²) >= 11 is 1.47. The van der Waals surface area contributed by atoms with Crippen LogP contribution in [0.1, 0.15) is 43.5 Å². The fourth-order valence-electron chi connectivity index (χ4n) is 3.19. The Balaban J connectivity index is 1.39. The van der Waals surface area contributed by atoms with Gasteiger partial charge in [0, 0.05) is 29.8 Å². The van der Waals surface area contributed by atoms with Gasteiger partial charge in [-0.05, 0) is 37.1 Å². The smallest absolute Gasteiger partial charge is 0.239 e. The average molecular weight is 389 g/mol. The fourth-order valence-corrected chi connectivity index (χ4v) is 4.00. The van der Waals surface area contributed by atoms with Crippen LogP contribution in [0.25, 0.3) is 11.3 Å². The van der Waals surface area contributed by atoms with Crippen LogP contribution in [0, 0.1) is 5.82 Å². The predicted molar refractivity (Wildman–Crippen MR) is 104 cm³/mol. The molecule has 0 spiro atoms. The van der Waals surface area contributed by atoms with Gasteiger partial charge in [0.2, 0.25) is 11.8 Å². The molecule has 5 nitrogen and oxygen atoms in total. The first-order valence-electron chi connectivity index (χ1n) is 9.36. The number of amides is 2. The molecule has 0 aliphatic heterocycles. The molecule has 1 fully saturated rings. The second-order valence-corrected chi connectivity index (χ2v) is 7.76. The molecule has 0 saturated heterocycles. The fraction of sp³-hybridized carbons (Fsp3) is 0.450. The van der Waals surface area contributed by atoms with Crippen molar-refractivity contribution in [2.24, 2.45) is 0 Å². The third kappa shape index (κ3) is 6.13. The zero-order valence-electron chi connectivity index (χ0n) is 15.2. The lowest BCUT2D eigenvalue weighted by molar-refractivity contribution is -0.126. The summed E-state index contributed by atoms with van der Waals surface area (Å²) < 4.78 is 13.0. The van der Waals surface area contributed by atoms with Gasteiger partial charge in [0.05, 0.1) is 17.2 Å². The minimum absolute atomic E-state index is 0.0219. The van der Waals surface area contributed by atoms with Crippen molar-refractivity contribution in [3.8, 4) is 11.3 Å². The van der Waals surface area contributed by atoms with Crippen molar-refractivity contribution in [1.29, 1.82) is 0 Å². The summed E-state index contributed by atoms with van der Waals surface area (Å²) in [5.41, 5.74) is 1.63. The SMILES string of the molecule is O=C(CCc1nc(-c2ccc(F)cc2)cs1)NCC(=O)NC1CCCCC1. The monoisotopic (exact) mass is 389 g/mol. The molecule has 0 radical (unpaired) electrons. The highest BCUT2D eigenvalue weighted by atomic mass is 32.1. The van der Waals surface area contributed by atoms with Crippen LogP contribution in [0.4, 0.5) is 4.39 Å². The third-order valence-electron chi connectivity index (χ3n) is 4.67. The maximum Gasteiger partial charge on any atom is 0.239 e. The molecule has 2 N–H and O–H groups in total. The molecule has 1 aromatic heterocycles. The van der Waals surface area contributed by atoms with Crippen LogP contribution in [0.2, 0.25) is 0 Å². The summed E-state index contributed by atoms with van der Waals surface area (Å²) in [5, 5.41) is 8.40. The van der Waals surface area contributed by atoms with E-state index in [2.05, 4.69) is 15.6 Å². The van der Waals surface area contributed by atoms with Gasteiger partial charge in [-0.3, -0.25) is 9.59 Å². The summed E-state index contributed by atoms with van der Waals surface area (Å²) in [6, 6.07) is 6.43. The van der Waals surface area contributed by atoms with Gasteiger partial charge in [-0.1, -0.05) is 19.3 Å². The summed E-state index contributed by atoms with van der Waals surface area (Å²) in [7, 11) is 0. The molecule has 27 heavy (non-hydrogen) atoms. The zero-order chi connectivity index (χ0) is 19.1. The number of aryl methyl sites for hydroxylation is 1. The Bertz CT molecular complexity index is 770. The number of nitrogens with one attached hydrogen (secondary N) is 2. The van der Waals surface area contributed by atoms with Gasteiger partial charge in [-0.15, -0.1) is 11.3 Å². The first-order valence-corrected chi connectivity index (χ1v) is 10.2. The number of aromatic nitrogens is 1. The molecule has 7 heteroatoms. The van der Waals surface area contributed by atoms with Gasteiger partial charge in [0.1, 0.15) is 5.82 Å². The van der Waals surface area contributed by atoms with Crippen LogP contribution in [-0.2, 0) is 16.0 Å². The van der Waals surface area contributed by atoms with Gasteiger partial charge in [0.15, 0.2) is 0 Å². The number of nitrogens with zero attached hydrogens (tertiary/aromatic N) is 1. The standard InChI is InChI=1S/C20H24FN3O2S/c21-15-8-6-14(7-9-15)17-13-27-20(24-17)11-10-18(25)22-12-19(26)23-16-4-2-1-3-5-16/h6-9,13,16H,1-5,10-12H2,(H,22,25)(H,23,26). The van der Waals surface area contributed by atoms with Crippen molar-refractivity contribution >= 4 is 23.2 Å². The van der Waals surface area contributed by atoms with Crippen molar-refractivity contribution in [2.45, 2.75) is 51.0 Å². The van der Waals surface area contributed by atoms with E-state index in [4.69, 9.17) is 0 Å². The molecule has 1 saturated carbocycles. The first kappa shape index (κ1) is 19.5. The Kier molecular flexibility index (Phi) is 6.92. The van der Waals surface area contributed by atoms with E-state index in [-0.39, 0.29) is 36.6 Å². The summed E-state index contributed by atoms with van der Waals surface area (Å²) in [6.45, 7) is 0.0219. The minimum Gasteiger partial charge on any atom is -0.352 e. The first-order chi connectivity index (χ1) is 13.1. The molecule has 0 bridgehead atoms. The van der Waals surface area contributed by atoms with Gasteiger partial charge in [0.25, 0.3) is 0 Å². The molecular formula is C20H24FN3O2S. The van der Waals surface area contributed by atoms with Crippen LogP contribution in [0.5, 0.6) is 0 Å². The van der Waals surface area contributed by atoms with Crippen LogP contribution >= 0.6 is 11.3 Å². The van der Waals surface area contributed by atoms with E-state index >= 15 is 0 Å². The maximum absolute atomic E-state index is 13.0. The average Bonchev–Trinajstić information content (AvgIpc) is 3.15. The highest BCUT2D eigenvalue weighted by molar-refractivity contribution is 7.09. The third-order valence-corrected chi connectivity index (χ3v) is 5.58. The summed E-state index contributed by atoms with van der Waals surface area (Å²) in [4.78, 5) is 28.4. The molecule has 1 heterocycles. The Hall–Kier alpha value is -2.28. The second kappa shape index (κ2) is 9.60. The molecule has 0 unspecified atom stereocenters. The lowest BCUT2D eigenvalue weighted by Gasteiger charge is -2.22. The number of carbonyl (C=O) groups is 2. The van der Waals surface area contributed by atoms with E-state index < -0.39 is 0 Å². The lowest BCUT2D eigenvalue weighted by Crippen LogP contribution is -2.42. The Labute approximate surface area is 162 Å². The number of thiazole rings is 1. The number of rotatable bonds is 7. The maximum atomic E-state index is 13.0. The quantitative estimate of drug-likeness (QED) is 0.762. The van der Waals surface area contributed by atoms with Crippen LogP contribution < -0.4 is 10.6 Å². The summed E-state index contributed by atoms with van der Waals surface area (Å²) in [6.07, 6.45) is 6.41. The van der Waals surface area contributed by atoms with Crippen LogP contribution in [0.15, 0.2) is 29.6 Å². The Morgan fingerprint density at radius 2 is 1.85 bits per heavy atom. The summed E-state index contributed by atoms with van der Waals surface area (Å²) in [5.74, 6) is -0.561. The molecule has 2 aromatic rings. The van der Waals surface area contributed by atoms with E-state index in [1.54, 1.807) is 12.1 Å². The molecule has 1 aliphatic carbocycles. The number of hydrogen-bond donors (Lipinski definition) is 2. The van der Waals surface area contributed by atoms with Crippen molar-refractivity contribution in [3.05, 3.63) is 40.5 Å². The van der Waals surface area contributed by atoms with Crippen LogP contribution in [-0.4, -0.2) is 29.4 Å². The lowest BCUT2D eigenvalue weighted by atomic mass is 9.95. The van der Waals surface area contributed by atoms with Gasteiger partial charge < -0.3 is 10.6 Å².